The molecule has 0 spiro atoms. The molecule has 0 bridgehead atoms. The molecule has 1 aromatic rings. The Bertz CT molecular complexity index is 632. The molecule has 1 unspecified atom stereocenters. The normalized spacial score (nSPS) is 26.6. The number of hydrogen-bond acceptors (Lipinski definition) is 4. The second-order valence-corrected chi connectivity index (χ2v) is 7.68. The van der Waals surface area contributed by atoms with Gasteiger partial charge in [-0.1, -0.05) is 44.2 Å². The molecule has 2 N–H and O–H groups in total. The first-order chi connectivity index (χ1) is 11.9. The largest absolute Gasteiger partial charge is 0.369 e. The first-order valence-corrected chi connectivity index (χ1v) is 8.84. The maximum atomic E-state index is 13.1. The van der Waals surface area contributed by atoms with Crippen LogP contribution in [0.3, 0.4) is 0 Å². The number of hydrogen-bond donors (Lipinski definition) is 1. The minimum atomic E-state index is -0.563. The number of rotatable bonds is 3. The molecule has 2 saturated heterocycles. The minimum absolute atomic E-state index is 0.0347. The number of carbonyl (C=O) groups is 2. The van der Waals surface area contributed by atoms with Crippen molar-refractivity contribution in [2.45, 2.75) is 38.9 Å². The number of likely N-dealkylation sites (tertiary alicyclic amines) is 1. The molecule has 2 fully saturated rings. The van der Waals surface area contributed by atoms with Gasteiger partial charge in [-0.15, -0.1) is 0 Å². The summed E-state index contributed by atoms with van der Waals surface area (Å²) in [5.41, 5.74) is 7.06. The Morgan fingerprint density at radius 1 is 1.32 bits per heavy atom. The number of amides is 2. The van der Waals surface area contributed by atoms with E-state index in [1.807, 2.05) is 35.2 Å². The van der Waals surface area contributed by atoms with Gasteiger partial charge in [0.2, 0.25) is 11.8 Å². The van der Waals surface area contributed by atoms with E-state index in [1.54, 1.807) is 4.90 Å². The Morgan fingerprint density at radius 2 is 2.04 bits per heavy atom. The second kappa shape index (κ2) is 7.14. The van der Waals surface area contributed by atoms with Gasteiger partial charge in [0.05, 0.1) is 6.61 Å². The van der Waals surface area contributed by atoms with Crippen molar-refractivity contribution in [1.29, 1.82) is 0 Å². The quantitative estimate of drug-likeness (QED) is 0.887. The van der Waals surface area contributed by atoms with Crippen LogP contribution in [-0.4, -0.2) is 60.0 Å². The van der Waals surface area contributed by atoms with Crippen molar-refractivity contribution in [3.8, 4) is 0 Å². The fourth-order valence-corrected chi connectivity index (χ4v) is 3.56. The fraction of sp³-hybridized carbons (Fsp3) is 0.579. The highest BCUT2D eigenvalue weighted by Gasteiger charge is 2.41. The zero-order valence-corrected chi connectivity index (χ0v) is 15.0. The van der Waals surface area contributed by atoms with Gasteiger partial charge in [0.15, 0.2) is 0 Å². The molecular formula is C19H27N3O3. The van der Waals surface area contributed by atoms with Gasteiger partial charge >= 0.3 is 0 Å². The number of carbonyl (C=O) groups excluding carboxylic acids is 2. The Labute approximate surface area is 148 Å². The van der Waals surface area contributed by atoms with Crippen LogP contribution in [0.1, 0.15) is 25.8 Å². The summed E-state index contributed by atoms with van der Waals surface area (Å²) in [4.78, 5) is 29.0. The Kier molecular flexibility index (Phi) is 5.11. The van der Waals surface area contributed by atoms with E-state index in [0.717, 1.165) is 12.0 Å². The highest BCUT2D eigenvalue weighted by molar-refractivity contribution is 5.89. The zero-order valence-electron chi connectivity index (χ0n) is 15.0. The third kappa shape index (κ3) is 3.85. The molecule has 6 heteroatoms. The van der Waals surface area contributed by atoms with Crippen LogP contribution in [0.5, 0.6) is 0 Å². The van der Waals surface area contributed by atoms with E-state index in [9.17, 15) is 9.59 Å². The fourth-order valence-electron chi connectivity index (χ4n) is 3.56. The minimum Gasteiger partial charge on any atom is -0.369 e. The molecule has 6 nitrogen and oxygen atoms in total. The summed E-state index contributed by atoms with van der Waals surface area (Å²) < 4.78 is 5.38. The molecule has 0 aromatic heterocycles. The van der Waals surface area contributed by atoms with Crippen LogP contribution in [0.15, 0.2) is 30.3 Å². The van der Waals surface area contributed by atoms with E-state index >= 15 is 0 Å². The van der Waals surface area contributed by atoms with Crippen molar-refractivity contribution in [3.05, 3.63) is 35.9 Å². The molecule has 3 rings (SSSR count). The predicted octanol–water partition coefficient (Wildman–Crippen LogP) is 1.000. The van der Waals surface area contributed by atoms with E-state index in [4.69, 9.17) is 10.5 Å². The molecule has 2 heterocycles. The topological polar surface area (TPSA) is 75.9 Å². The lowest BCUT2D eigenvalue weighted by molar-refractivity contribution is -0.161. The van der Waals surface area contributed by atoms with Crippen molar-refractivity contribution in [2.24, 2.45) is 11.1 Å². The molecule has 2 aliphatic heterocycles. The summed E-state index contributed by atoms with van der Waals surface area (Å²) in [6, 6.07) is 9.26. The number of morpholine rings is 1. The standard InChI is InChI=1S/C19H27N3O3/c1-19(2)13-21(9-8-16(19)20)18(24)15-11-25-12-17(23)22(15)10-14-6-4-3-5-7-14/h3-7,15-16H,8-13,20H2,1-2H3/t15-,16?/m1/s1. The van der Waals surface area contributed by atoms with E-state index in [0.29, 0.717) is 19.6 Å². The van der Waals surface area contributed by atoms with Gasteiger partial charge < -0.3 is 20.3 Å². The zero-order chi connectivity index (χ0) is 18.0. The van der Waals surface area contributed by atoms with E-state index in [1.165, 1.54) is 0 Å². The summed E-state index contributed by atoms with van der Waals surface area (Å²) in [6.45, 7) is 6.12. The molecule has 0 radical (unpaired) electrons. The lowest BCUT2D eigenvalue weighted by Crippen LogP contribution is -2.61. The van der Waals surface area contributed by atoms with Crippen LogP contribution in [0, 0.1) is 5.41 Å². The van der Waals surface area contributed by atoms with Crippen molar-refractivity contribution in [2.75, 3.05) is 26.3 Å². The lowest BCUT2D eigenvalue weighted by atomic mass is 9.79. The summed E-state index contributed by atoms with van der Waals surface area (Å²) in [7, 11) is 0. The second-order valence-electron chi connectivity index (χ2n) is 7.68. The van der Waals surface area contributed by atoms with Gasteiger partial charge in [0, 0.05) is 25.7 Å². The number of nitrogens with zero attached hydrogens (tertiary/aromatic N) is 2. The Hall–Kier alpha value is -1.92. The van der Waals surface area contributed by atoms with Crippen LogP contribution < -0.4 is 5.73 Å². The number of nitrogens with two attached hydrogens (primary N) is 1. The summed E-state index contributed by atoms with van der Waals surface area (Å²) in [6.07, 6.45) is 0.777. The lowest BCUT2D eigenvalue weighted by Gasteiger charge is -2.45. The van der Waals surface area contributed by atoms with Gasteiger partial charge in [-0.3, -0.25) is 9.59 Å². The van der Waals surface area contributed by atoms with E-state index in [-0.39, 0.29) is 36.5 Å². The molecule has 2 amide bonds. The Morgan fingerprint density at radius 3 is 2.72 bits per heavy atom. The highest BCUT2D eigenvalue weighted by atomic mass is 16.5. The molecule has 136 valence electrons. The average molecular weight is 345 g/mol. The molecular weight excluding hydrogens is 318 g/mol. The third-order valence-electron chi connectivity index (χ3n) is 5.30. The molecule has 0 aliphatic carbocycles. The van der Waals surface area contributed by atoms with Crippen molar-refractivity contribution < 1.29 is 14.3 Å². The van der Waals surface area contributed by atoms with Gasteiger partial charge in [0.1, 0.15) is 12.6 Å². The van der Waals surface area contributed by atoms with Crippen LogP contribution >= 0.6 is 0 Å². The van der Waals surface area contributed by atoms with Crippen molar-refractivity contribution >= 4 is 11.8 Å². The van der Waals surface area contributed by atoms with Crippen LogP contribution in [0.25, 0.3) is 0 Å². The maximum Gasteiger partial charge on any atom is 0.249 e. The van der Waals surface area contributed by atoms with Crippen molar-refractivity contribution in [1.82, 2.24) is 9.80 Å². The molecule has 2 atom stereocenters. The summed E-state index contributed by atoms with van der Waals surface area (Å²) in [5.74, 6) is -0.176. The predicted molar refractivity (Wildman–Crippen MR) is 94.6 cm³/mol. The summed E-state index contributed by atoms with van der Waals surface area (Å²) in [5, 5.41) is 0. The SMILES string of the molecule is CC1(C)CN(C(=O)[C@H]2COCC(=O)N2Cc2ccccc2)CCC1N. The number of ether oxygens (including phenoxy) is 1. The number of piperidine rings is 1. The van der Waals surface area contributed by atoms with Gasteiger partial charge in [-0.05, 0) is 17.4 Å². The monoisotopic (exact) mass is 345 g/mol. The van der Waals surface area contributed by atoms with Crippen molar-refractivity contribution in [3.63, 3.8) is 0 Å². The van der Waals surface area contributed by atoms with Crippen LogP contribution in [-0.2, 0) is 20.9 Å². The van der Waals surface area contributed by atoms with Gasteiger partial charge in [-0.2, -0.15) is 0 Å². The highest BCUT2D eigenvalue weighted by Crippen LogP contribution is 2.29. The first kappa shape index (κ1) is 17.9. The third-order valence-corrected chi connectivity index (χ3v) is 5.30. The van der Waals surface area contributed by atoms with Crippen LogP contribution in [0.2, 0.25) is 0 Å². The molecule has 1 aromatic carbocycles. The van der Waals surface area contributed by atoms with Crippen LogP contribution in [0.4, 0.5) is 0 Å². The van der Waals surface area contributed by atoms with Gasteiger partial charge in [-0.25, -0.2) is 0 Å². The molecule has 25 heavy (non-hydrogen) atoms. The Balaban J connectivity index is 1.76. The maximum absolute atomic E-state index is 13.1. The average Bonchev–Trinajstić information content (AvgIpc) is 2.59. The number of benzene rings is 1. The van der Waals surface area contributed by atoms with E-state index < -0.39 is 6.04 Å². The summed E-state index contributed by atoms with van der Waals surface area (Å²) >= 11 is 0. The van der Waals surface area contributed by atoms with E-state index in [2.05, 4.69) is 13.8 Å². The molecule has 2 aliphatic rings. The first-order valence-electron chi connectivity index (χ1n) is 8.84. The smallest absolute Gasteiger partial charge is 0.249 e. The molecule has 0 saturated carbocycles. The van der Waals surface area contributed by atoms with Gasteiger partial charge in [0.25, 0.3) is 0 Å².